The molecule has 0 bridgehead atoms. The van der Waals surface area contributed by atoms with Crippen LogP contribution in [0.25, 0.3) is 0 Å². The lowest BCUT2D eigenvalue weighted by molar-refractivity contribution is -0.119. The van der Waals surface area contributed by atoms with Crippen LogP contribution in [0.4, 0.5) is 11.4 Å². The molecule has 0 saturated heterocycles. The number of nitrogens with one attached hydrogen (secondary N) is 2. The Kier molecular flexibility index (Phi) is 6.27. The zero-order valence-electron chi connectivity index (χ0n) is 15.3. The zero-order chi connectivity index (χ0) is 20.6. The number of nitrogens with zero attached hydrogens (tertiary/aromatic N) is 1. The van der Waals surface area contributed by atoms with Crippen molar-refractivity contribution in [2.24, 2.45) is 0 Å². The number of carbonyl (C=O) groups excluding carboxylic acids is 3. The zero-order valence-corrected chi connectivity index (χ0v) is 15.3. The van der Waals surface area contributed by atoms with Crippen molar-refractivity contribution in [2.75, 3.05) is 30.5 Å². The van der Waals surface area contributed by atoms with E-state index in [2.05, 4.69) is 10.6 Å². The van der Waals surface area contributed by atoms with Gasteiger partial charge in [-0.15, -0.1) is 0 Å². The third-order valence-corrected chi connectivity index (χ3v) is 3.80. The molecule has 0 aliphatic carbocycles. The molecule has 0 unspecified atom stereocenters. The van der Waals surface area contributed by atoms with Crippen LogP contribution >= 0.6 is 0 Å². The van der Waals surface area contributed by atoms with Crippen LogP contribution in [-0.4, -0.2) is 37.6 Å². The van der Waals surface area contributed by atoms with Gasteiger partial charge in [0.1, 0.15) is 19.6 Å². The minimum atomic E-state index is -0.683. The first-order valence-corrected chi connectivity index (χ1v) is 8.68. The standard InChI is InChI=1S/C20H17N3O6/c21-8-7-18(24)22-14-3-1-13(2-4-14)20(26)29-12-19(25)23-15-5-6-16-17(11-15)28-10-9-27-16/h1-6,11H,7,9-10,12H2,(H,22,24)(H,23,25). The Morgan fingerprint density at radius 3 is 2.31 bits per heavy atom. The minimum absolute atomic E-state index is 0.218. The van der Waals surface area contributed by atoms with Gasteiger partial charge in [0.2, 0.25) is 5.91 Å². The molecule has 2 aromatic rings. The summed E-state index contributed by atoms with van der Waals surface area (Å²) in [6.07, 6.45) is -0.262. The van der Waals surface area contributed by atoms with Crippen molar-refractivity contribution in [3.63, 3.8) is 0 Å². The van der Waals surface area contributed by atoms with Crippen molar-refractivity contribution < 1.29 is 28.6 Å². The van der Waals surface area contributed by atoms with E-state index >= 15 is 0 Å². The lowest BCUT2D eigenvalue weighted by atomic mass is 10.2. The SMILES string of the molecule is N#CCC(=O)Nc1ccc(C(=O)OCC(=O)Nc2ccc3c(c2)OCCO3)cc1. The molecule has 29 heavy (non-hydrogen) atoms. The van der Waals surface area contributed by atoms with Crippen molar-refractivity contribution in [1.82, 2.24) is 0 Å². The quantitative estimate of drug-likeness (QED) is 0.717. The van der Waals surface area contributed by atoms with Crippen LogP contribution in [0.2, 0.25) is 0 Å². The largest absolute Gasteiger partial charge is 0.486 e. The highest BCUT2D eigenvalue weighted by Gasteiger charge is 2.14. The van der Waals surface area contributed by atoms with Gasteiger partial charge >= 0.3 is 5.97 Å². The van der Waals surface area contributed by atoms with Crippen LogP contribution in [-0.2, 0) is 14.3 Å². The summed E-state index contributed by atoms with van der Waals surface area (Å²) in [6, 6.07) is 12.6. The summed E-state index contributed by atoms with van der Waals surface area (Å²) >= 11 is 0. The fraction of sp³-hybridized carbons (Fsp3) is 0.200. The molecular weight excluding hydrogens is 378 g/mol. The molecule has 0 spiro atoms. The van der Waals surface area contributed by atoms with E-state index in [0.717, 1.165) is 0 Å². The highest BCUT2D eigenvalue weighted by atomic mass is 16.6. The maximum atomic E-state index is 12.1. The van der Waals surface area contributed by atoms with Crippen LogP contribution in [0, 0.1) is 11.3 Å². The lowest BCUT2D eigenvalue weighted by Gasteiger charge is -2.19. The highest BCUT2D eigenvalue weighted by molar-refractivity contribution is 5.96. The number of esters is 1. The van der Waals surface area contributed by atoms with Gasteiger partial charge in [-0.25, -0.2) is 4.79 Å². The van der Waals surface area contributed by atoms with Gasteiger partial charge in [0.25, 0.3) is 5.91 Å². The number of hydrogen-bond donors (Lipinski definition) is 2. The number of amides is 2. The fourth-order valence-corrected chi connectivity index (χ4v) is 2.50. The second kappa shape index (κ2) is 9.23. The second-order valence-corrected chi connectivity index (χ2v) is 5.94. The van der Waals surface area contributed by atoms with E-state index < -0.39 is 24.4 Å². The average molecular weight is 395 g/mol. The van der Waals surface area contributed by atoms with E-state index in [9.17, 15) is 14.4 Å². The first-order chi connectivity index (χ1) is 14.0. The number of nitriles is 1. The number of carbonyl (C=O) groups is 3. The maximum Gasteiger partial charge on any atom is 0.338 e. The van der Waals surface area contributed by atoms with Crippen molar-refractivity contribution >= 4 is 29.2 Å². The van der Waals surface area contributed by atoms with Crippen molar-refractivity contribution in [3.05, 3.63) is 48.0 Å². The Hall–Kier alpha value is -4.06. The van der Waals surface area contributed by atoms with E-state index in [1.54, 1.807) is 24.3 Å². The molecule has 148 valence electrons. The molecule has 0 radical (unpaired) electrons. The summed E-state index contributed by atoms with van der Waals surface area (Å²) in [5, 5.41) is 13.6. The van der Waals surface area contributed by atoms with Gasteiger partial charge in [-0.3, -0.25) is 9.59 Å². The molecule has 9 nitrogen and oxygen atoms in total. The summed E-state index contributed by atoms with van der Waals surface area (Å²) in [7, 11) is 0. The Morgan fingerprint density at radius 2 is 1.59 bits per heavy atom. The van der Waals surface area contributed by atoms with Crippen molar-refractivity contribution in [1.29, 1.82) is 5.26 Å². The lowest BCUT2D eigenvalue weighted by Crippen LogP contribution is -2.21. The Labute approximate surface area is 166 Å². The molecule has 1 aliphatic heterocycles. The fourth-order valence-electron chi connectivity index (χ4n) is 2.50. The Balaban J connectivity index is 1.49. The molecule has 0 saturated carbocycles. The van der Waals surface area contributed by atoms with Gasteiger partial charge in [0.05, 0.1) is 11.6 Å². The van der Waals surface area contributed by atoms with E-state index in [1.165, 1.54) is 24.3 Å². The molecule has 3 rings (SSSR count). The molecule has 0 aromatic heterocycles. The molecule has 2 aromatic carbocycles. The third kappa shape index (κ3) is 5.46. The summed E-state index contributed by atoms with van der Waals surface area (Å²) in [4.78, 5) is 35.4. The molecule has 0 fully saturated rings. The topological polar surface area (TPSA) is 127 Å². The van der Waals surface area contributed by atoms with Gasteiger partial charge in [0.15, 0.2) is 18.1 Å². The normalized spacial score (nSPS) is 11.7. The van der Waals surface area contributed by atoms with Crippen LogP contribution < -0.4 is 20.1 Å². The predicted molar refractivity (Wildman–Crippen MR) is 102 cm³/mol. The van der Waals surface area contributed by atoms with Crippen LogP contribution in [0.5, 0.6) is 11.5 Å². The summed E-state index contributed by atoms with van der Waals surface area (Å²) in [6.45, 7) is 0.443. The number of rotatable bonds is 6. The van der Waals surface area contributed by atoms with Crippen LogP contribution in [0.1, 0.15) is 16.8 Å². The van der Waals surface area contributed by atoms with Crippen molar-refractivity contribution in [2.45, 2.75) is 6.42 Å². The molecule has 1 heterocycles. The maximum absolute atomic E-state index is 12.1. The van der Waals surface area contributed by atoms with Gasteiger partial charge in [0, 0.05) is 17.4 Å². The third-order valence-electron chi connectivity index (χ3n) is 3.80. The Bertz CT molecular complexity index is 965. The molecule has 1 aliphatic rings. The summed E-state index contributed by atoms with van der Waals surface area (Å²) < 4.78 is 15.9. The molecular formula is C20H17N3O6. The van der Waals surface area contributed by atoms with Gasteiger partial charge in [-0.05, 0) is 36.4 Å². The first-order valence-electron chi connectivity index (χ1n) is 8.68. The van der Waals surface area contributed by atoms with Gasteiger partial charge in [-0.1, -0.05) is 0 Å². The highest BCUT2D eigenvalue weighted by Crippen LogP contribution is 2.32. The molecule has 0 atom stereocenters. The monoisotopic (exact) mass is 395 g/mol. The second-order valence-electron chi connectivity index (χ2n) is 5.94. The first kappa shape index (κ1) is 19.7. The van der Waals surface area contributed by atoms with Gasteiger partial charge in [-0.2, -0.15) is 5.26 Å². The predicted octanol–water partition coefficient (Wildman–Crippen LogP) is 2.11. The molecule has 2 amide bonds. The smallest absolute Gasteiger partial charge is 0.338 e. The van der Waals surface area contributed by atoms with Gasteiger partial charge < -0.3 is 24.8 Å². The molecule has 9 heteroatoms. The number of anilines is 2. The summed E-state index contributed by atoms with van der Waals surface area (Å²) in [5.41, 5.74) is 1.15. The van der Waals surface area contributed by atoms with Crippen LogP contribution in [0.15, 0.2) is 42.5 Å². The number of fused-ring (bicyclic) bond motifs is 1. The average Bonchev–Trinajstić information content (AvgIpc) is 2.72. The number of ether oxygens (including phenoxy) is 3. The van der Waals surface area contributed by atoms with E-state index in [0.29, 0.717) is 36.1 Å². The molecule has 2 N–H and O–H groups in total. The number of benzene rings is 2. The van der Waals surface area contributed by atoms with E-state index in [-0.39, 0.29) is 12.0 Å². The minimum Gasteiger partial charge on any atom is -0.486 e. The van der Waals surface area contributed by atoms with Crippen molar-refractivity contribution in [3.8, 4) is 17.6 Å². The summed E-state index contributed by atoms with van der Waals surface area (Å²) in [5.74, 6) is -0.493. The van der Waals surface area contributed by atoms with Crippen LogP contribution in [0.3, 0.4) is 0 Å². The Morgan fingerprint density at radius 1 is 0.931 bits per heavy atom. The van der Waals surface area contributed by atoms with E-state index in [4.69, 9.17) is 19.5 Å². The van der Waals surface area contributed by atoms with E-state index in [1.807, 2.05) is 0 Å². The number of hydrogen-bond acceptors (Lipinski definition) is 7.